The molecule has 1 aliphatic rings. The Kier molecular flexibility index (Phi) is 3.72. The van der Waals surface area contributed by atoms with E-state index in [1.165, 1.54) is 0 Å². The van der Waals surface area contributed by atoms with Crippen LogP contribution in [-0.2, 0) is 14.8 Å². The summed E-state index contributed by atoms with van der Waals surface area (Å²) in [5.41, 5.74) is -1.22. The highest BCUT2D eigenvalue weighted by atomic mass is 32.2. The van der Waals surface area contributed by atoms with Crippen molar-refractivity contribution in [2.45, 2.75) is 44.6 Å². The quantitative estimate of drug-likeness (QED) is 0.710. The summed E-state index contributed by atoms with van der Waals surface area (Å²) in [5, 5.41) is 8.95. The van der Waals surface area contributed by atoms with Gasteiger partial charge in [0, 0.05) is 0 Å². The Labute approximate surface area is 89.9 Å². The predicted octanol–water partition coefficient (Wildman–Crippen LogP) is 0.713. The Morgan fingerprint density at radius 3 is 2.40 bits per heavy atom. The van der Waals surface area contributed by atoms with E-state index < -0.39 is 21.5 Å². The van der Waals surface area contributed by atoms with E-state index in [1.807, 2.05) is 6.92 Å². The van der Waals surface area contributed by atoms with Crippen LogP contribution in [0, 0.1) is 0 Å². The van der Waals surface area contributed by atoms with Crippen LogP contribution >= 0.6 is 0 Å². The smallest absolute Gasteiger partial charge is 0.324 e. The van der Waals surface area contributed by atoms with Crippen LogP contribution in [0.4, 0.5) is 0 Å². The number of carboxylic acids is 1. The second kappa shape index (κ2) is 4.49. The number of rotatable bonds is 6. The number of carbonyl (C=O) groups is 1. The number of nitrogens with one attached hydrogen (secondary N) is 1. The van der Waals surface area contributed by atoms with Crippen LogP contribution in [0.5, 0.6) is 0 Å². The minimum absolute atomic E-state index is 0.0124. The molecule has 0 atom stereocenters. The number of hydrogen-bond donors (Lipinski definition) is 2. The Morgan fingerprint density at radius 2 is 2.07 bits per heavy atom. The highest BCUT2D eigenvalue weighted by molar-refractivity contribution is 7.89. The third-order valence-corrected chi connectivity index (χ3v) is 4.26. The van der Waals surface area contributed by atoms with E-state index in [4.69, 9.17) is 5.11 Å². The molecule has 1 fully saturated rings. The second-order valence-electron chi connectivity index (χ2n) is 4.02. The Hall–Kier alpha value is -0.620. The number of hydrogen-bond acceptors (Lipinski definition) is 3. The lowest BCUT2D eigenvalue weighted by Gasteiger charge is -2.37. The Morgan fingerprint density at radius 1 is 1.47 bits per heavy atom. The van der Waals surface area contributed by atoms with Gasteiger partial charge in [-0.05, 0) is 25.7 Å². The van der Waals surface area contributed by atoms with Crippen LogP contribution in [0.15, 0.2) is 0 Å². The maximum absolute atomic E-state index is 11.5. The molecular weight excluding hydrogens is 218 g/mol. The molecule has 1 rings (SSSR count). The van der Waals surface area contributed by atoms with Crippen molar-refractivity contribution < 1.29 is 18.3 Å². The van der Waals surface area contributed by atoms with Crippen molar-refractivity contribution in [2.24, 2.45) is 0 Å². The lowest BCUT2D eigenvalue weighted by molar-refractivity contribution is -0.147. The van der Waals surface area contributed by atoms with Crippen LogP contribution in [0.2, 0.25) is 0 Å². The molecule has 15 heavy (non-hydrogen) atoms. The summed E-state index contributed by atoms with van der Waals surface area (Å²) in [6.45, 7) is 1.89. The highest BCUT2D eigenvalue weighted by Crippen LogP contribution is 2.32. The first kappa shape index (κ1) is 12.4. The van der Waals surface area contributed by atoms with Gasteiger partial charge in [-0.1, -0.05) is 13.3 Å². The summed E-state index contributed by atoms with van der Waals surface area (Å²) < 4.78 is 25.4. The zero-order valence-corrected chi connectivity index (χ0v) is 9.64. The average molecular weight is 235 g/mol. The monoisotopic (exact) mass is 235 g/mol. The molecular formula is C9H17NO4S. The maximum atomic E-state index is 11.5. The van der Waals surface area contributed by atoms with Crippen molar-refractivity contribution in [1.29, 1.82) is 0 Å². The molecule has 5 nitrogen and oxygen atoms in total. The van der Waals surface area contributed by atoms with Crippen LogP contribution in [0.1, 0.15) is 39.0 Å². The van der Waals surface area contributed by atoms with Crippen LogP contribution in [-0.4, -0.2) is 30.8 Å². The van der Waals surface area contributed by atoms with E-state index in [9.17, 15) is 13.2 Å². The van der Waals surface area contributed by atoms with Gasteiger partial charge in [-0.3, -0.25) is 4.79 Å². The summed E-state index contributed by atoms with van der Waals surface area (Å²) in [4.78, 5) is 10.9. The largest absolute Gasteiger partial charge is 0.480 e. The molecule has 0 aromatic heterocycles. The summed E-state index contributed by atoms with van der Waals surface area (Å²) in [6.07, 6.45) is 2.90. The molecule has 0 spiro atoms. The van der Waals surface area contributed by atoms with Gasteiger partial charge in [-0.15, -0.1) is 0 Å². The zero-order chi connectivity index (χ0) is 11.5. The molecule has 0 bridgehead atoms. The van der Waals surface area contributed by atoms with Crippen molar-refractivity contribution in [3.63, 3.8) is 0 Å². The molecule has 0 aromatic carbocycles. The molecule has 0 saturated heterocycles. The molecule has 88 valence electrons. The van der Waals surface area contributed by atoms with Crippen molar-refractivity contribution in [3.05, 3.63) is 0 Å². The molecule has 1 saturated carbocycles. The van der Waals surface area contributed by atoms with Gasteiger partial charge in [0.2, 0.25) is 10.0 Å². The highest BCUT2D eigenvalue weighted by Gasteiger charge is 2.47. The van der Waals surface area contributed by atoms with Gasteiger partial charge in [0.05, 0.1) is 5.75 Å². The van der Waals surface area contributed by atoms with Gasteiger partial charge in [-0.2, -0.15) is 4.72 Å². The molecule has 1 aliphatic carbocycles. The third-order valence-electron chi connectivity index (χ3n) is 2.73. The Balaban J connectivity index is 2.63. The first-order chi connectivity index (χ1) is 6.92. The van der Waals surface area contributed by atoms with E-state index in [2.05, 4.69) is 4.72 Å². The molecule has 2 N–H and O–H groups in total. The Bertz CT molecular complexity index is 332. The summed E-state index contributed by atoms with van der Waals surface area (Å²) in [7, 11) is -3.44. The number of unbranched alkanes of at least 4 members (excludes halogenated alkanes) is 1. The zero-order valence-electron chi connectivity index (χ0n) is 8.82. The summed E-state index contributed by atoms with van der Waals surface area (Å²) in [6, 6.07) is 0. The van der Waals surface area contributed by atoms with E-state index in [-0.39, 0.29) is 5.75 Å². The van der Waals surface area contributed by atoms with Crippen LogP contribution in [0.3, 0.4) is 0 Å². The van der Waals surface area contributed by atoms with Crippen LogP contribution in [0.25, 0.3) is 0 Å². The predicted molar refractivity (Wildman–Crippen MR) is 56.0 cm³/mol. The van der Waals surface area contributed by atoms with Gasteiger partial charge in [0.25, 0.3) is 0 Å². The molecule has 0 unspecified atom stereocenters. The first-order valence-electron chi connectivity index (χ1n) is 5.17. The molecule has 0 amide bonds. The fourth-order valence-corrected chi connectivity index (χ4v) is 3.23. The van der Waals surface area contributed by atoms with Gasteiger partial charge in [0.15, 0.2) is 0 Å². The fourth-order valence-electron chi connectivity index (χ4n) is 1.57. The fraction of sp³-hybridized carbons (Fsp3) is 0.889. The van der Waals surface area contributed by atoms with Gasteiger partial charge in [-0.25, -0.2) is 8.42 Å². The number of carboxylic acid groups (broad SMARTS) is 1. The van der Waals surface area contributed by atoms with Crippen molar-refractivity contribution in [1.82, 2.24) is 4.72 Å². The maximum Gasteiger partial charge on any atom is 0.324 e. The van der Waals surface area contributed by atoms with Crippen molar-refractivity contribution in [3.8, 4) is 0 Å². The van der Waals surface area contributed by atoms with Crippen molar-refractivity contribution in [2.75, 3.05) is 5.75 Å². The lowest BCUT2D eigenvalue weighted by Crippen LogP contribution is -2.59. The molecule has 0 aromatic rings. The van der Waals surface area contributed by atoms with E-state index in [1.54, 1.807) is 0 Å². The minimum Gasteiger partial charge on any atom is -0.480 e. The van der Waals surface area contributed by atoms with Gasteiger partial charge >= 0.3 is 5.97 Å². The summed E-state index contributed by atoms with van der Waals surface area (Å²) >= 11 is 0. The summed E-state index contributed by atoms with van der Waals surface area (Å²) in [5.74, 6) is -1.05. The van der Waals surface area contributed by atoms with Gasteiger partial charge in [0.1, 0.15) is 5.54 Å². The average Bonchev–Trinajstić information content (AvgIpc) is 2.08. The normalized spacial score (nSPS) is 19.5. The standard InChI is InChI=1S/C9H17NO4S/c1-2-3-7-15(13,14)10-9(8(11)12)5-4-6-9/h10H,2-7H2,1H3,(H,11,12). The number of sulfonamides is 1. The molecule has 0 heterocycles. The topological polar surface area (TPSA) is 83.5 Å². The third kappa shape index (κ3) is 2.92. The van der Waals surface area contributed by atoms with Crippen molar-refractivity contribution >= 4 is 16.0 Å². The second-order valence-corrected chi connectivity index (χ2v) is 5.86. The van der Waals surface area contributed by atoms with E-state index >= 15 is 0 Å². The van der Waals surface area contributed by atoms with E-state index in [0.717, 1.165) is 12.8 Å². The molecule has 6 heteroatoms. The molecule has 0 aliphatic heterocycles. The first-order valence-corrected chi connectivity index (χ1v) is 6.82. The lowest BCUT2D eigenvalue weighted by atomic mass is 9.78. The SMILES string of the molecule is CCCCS(=O)(=O)NC1(C(=O)O)CCC1. The van der Waals surface area contributed by atoms with Crippen LogP contribution < -0.4 is 4.72 Å². The molecule has 0 radical (unpaired) electrons. The van der Waals surface area contributed by atoms with Gasteiger partial charge < -0.3 is 5.11 Å². The number of aliphatic carboxylic acids is 1. The van der Waals surface area contributed by atoms with E-state index in [0.29, 0.717) is 19.3 Å². The minimum atomic E-state index is -3.44.